The fourth-order valence-electron chi connectivity index (χ4n) is 0.922. The molecule has 5 heteroatoms. The van der Waals surface area contributed by atoms with Gasteiger partial charge in [-0.3, -0.25) is 10.3 Å². The van der Waals surface area contributed by atoms with E-state index >= 15 is 0 Å². The first-order chi connectivity index (χ1) is 5.45. The Morgan fingerprint density at radius 2 is 2.64 bits per heavy atom. The van der Waals surface area contributed by atoms with Gasteiger partial charge in [0, 0.05) is 6.20 Å². The van der Waals surface area contributed by atoms with Crippen molar-refractivity contribution in [3.05, 3.63) is 24.9 Å². The summed E-state index contributed by atoms with van der Waals surface area (Å²) in [6.45, 7) is 0.698. The quantitative estimate of drug-likeness (QED) is 0.631. The molecule has 58 valence electrons. The average molecular weight is 152 g/mol. The van der Waals surface area contributed by atoms with E-state index in [1.807, 2.05) is 6.08 Å². The van der Waals surface area contributed by atoms with Gasteiger partial charge in [0.1, 0.15) is 18.8 Å². The summed E-state index contributed by atoms with van der Waals surface area (Å²) in [5.41, 5.74) is 2.64. The second kappa shape index (κ2) is 2.71. The maximum Gasteiger partial charge on any atom is 0.137 e. The Balaban J connectivity index is 1.95. The summed E-state index contributed by atoms with van der Waals surface area (Å²) in [5.74, 6) is 0. The molecule has 2 heterocycles. The molecule has 2 rings (SSSR count). The number of rotatable bonds is 2. The van der Waals surface area contributed by atoms with Crippen molar-refractivity contribution in [3.8, 4) is 0 Å². The molecule has 1 aliphatic rings. The average Bonchev–Trinajstić information content (AvgIpc) is 2.60. The first-order valence-corrected chi connectivity index (χ1v) is 3.35. The molecule has 1 aromatic rings. The van der Waals surface area contributed by atoms with Gasteiger partial charge in [-0.05, 0) is 6.08 Å². The van der Waals surface area contributed by atoms with Crippen LogP contribution in [0.4, 0.5) is 0 Å². The van der Waals surface area contributed by atoms with Gasteiger partial charge in [-0.25, -0.2) is 9.67 Å². The highest BCUT2D eigenvalue weighted by Gasteiger charge is 2.09. The van der Waals surface area contributed by atoms with Crippen LogP contribution in [0.3, 0.4) is 0 Å². The molecule has 0 fully saturated rings. The lowest BCUT2D eigenvalue weighted by atomic mass is 10.3. The highest BCUT2D eigenvalue weighted by molar-refractivity contribution is 4.90. The van der Waals surface area contributed by atoms with E-state index in [2.05, 4.69) is 15.6 Å². The molecule has 11 heavy (non-hydrogen) atoms. The normalized spacial score (nSPS) is 22.0. The fraction of sp³-hybridized carbons (Fsp3) is 0.333. The van der Waals surface area contributed by atoms with E-state index in [9.17, 15) is 0 Å². The van der Waals surface area contributed by atoms with Crippen LogP contribution in [0.2, 0.25) is 0 Å². The van der Waals surface area contributed by atoms with E-state index in [0.717, 1.165) is 0 Å². The van der Waals surface area contributed by atoms with E-state index in [1.165, 1.54) is 6.33 Å². The highest BCUT2D eigenvalue weighted by atomic mass is 16.7. The maximum atomic E-state index is 5.08. The van der Waals surface area contributed by atoms with Gasteiger partial charge in [0.15, 0.2) is 0 Å². The summed E-state index contributed by atoms with van der Waals surface area (Å²) in [4.78, 5) is 8.89. The molecule has 0 aliphatic carbocycles. The number of hydrogen-bond donors (Lipinski definition) is 1. The van der Waals surface area contributed by atoms with Crippen LogP contribution in [-0.2, 0) is 11.4 Å². The molecule has 1 aromatic heterocycles. The van der Waals surface area contributed by atoms with Crippen LogP contribution in [-0.4, -0.2) is 20.9 Å². The Kier molecular flexibility index (Phi) is 1.57. The van der Waals surface area contributed by atoms with E-state index in [1.54, 1.807) is 17.2 Å². The van der Waals surface area contributed by atoms with Gasteiger partial charge in [0.05, 0.1) is 6.54 Å². The van der Waals surface area contributed by atoms with Crippen LogP contribution in [0.5, 0.6) is 0 Å². The van der Waals surface area contributed by atoms with Crippen molar-refractivity contribution in [1.29, 1.82) is 0 Å². The molecule has 0 radical (unpaired) electrons. The molecule has 0 aromatic carbocycles. The third kappa shape index (κ3) is 1.38. The number of nitrogens with one attached hydrogen (secondary N) is 1. The minimum atomic E-state index is 0.0664. The van der Waals surface area contributed by atoms with Crippen LogP contribution in [0, 0.1) is 0 Å². The summed E-state index contributed by atoms with van der Waals surface area (Å²) >= 11 is 0. The van der Waals surface area contributed by atoms with Crippen molar-refractivity contribution in [2.45, 2.75) is 12.6 Å². The van der Waals surface area contributed by atoms with Crippen molar-refractivity contribution in [2.75, 3.05) is 0 Å². The smallest absolute Gasteiger partial charge is 0.137 e. The lowest BCUT2D eigenvalue weighted by Crippen LogP contribution is -2.17. The predicted octanol–water partition coefficient (Wildman–Crippen LogP) is -0.305. The van der Waals surface area contributed by atoms with E-state index in [-0.39, 0.29) is 6.10 Å². The minimum absolute atomic E-state index is 0.0664. The minimum Gasteiger partial charge on any atom is -0.274 e. The maximum absolute atomic E-state index is 5.08. The third-order valence-electron chi connectivity index (χ3n) is 1.43. The molecule has 5 nitrogen and oxygen atoms in total. The zero-order chi connectivity index (χ0) is 7.52. The van der Waals surface area contributed by atoms with E-state index in [0.29, 0.717) is 6.54 Å². The van der Waals surface area contributed by atoms with Gasteiger partial charge in [-0.15, -0.1) is 0 Å². The second-order valence-electron chi connectivity index (χ2n) is 2.25. The summed E-state index contributed by atoms with van der Waals surface area (Å²) in [6, 6.07) is 0. The fourth-order valence-corrected chi connectivity index (χ4v) is 0.922. The van der Waals surface area contributed by atoms with Crippen LogP contribution >= 0.6 is 0 Å². The predicted molar refractivity (Wildman–Crippen MR) is 37.2 cm³/mol. The molecule has 1 N–H and O–H groups in total. The monoisotopic (exact) mass is 152 g/mol. The van der Waals surface area contributed by atoms with Gasteiger partial charge >= 0.3 is 0 Å². The van der Waals surface area contributed by atoms with Gasteiger partial charge in [-0.1, -0.05) is 0 Å². The van der Waals surface area contributed by atoms with Crippen LogP contribution < -0.4 is 5.48 Å². The standard InChI is InChI=1S/C6H8N4O/c1-2-9-11-6(1)3-10-5-7-4-8-10/h1-2,4-6,9H,3H2. The summed E-state index contributed by atoms with van der Waals surface area (Å²) in [7, 11) is 0. The van der Waals surface area contributed by atoms with Crippen molar-refractivity contribution < 1.29 is 4.84 Å². The van der Waals surface area contributed by atoms with Crippen molar-refractivity contribution in [1.82, 2.24) is 20.2 Å². The number of hydroxylamine groups is 1. The third-order valence-corrected chi connectivity index (χ3v) is 1.43. The zero-order valence-electron chi connectivity index (χ0n) is 5.84. The SMILES string of the molecule is C1=CC(Cn2cncn2)ON1. The molecule has 0 bridgehead atoms. The Bertz CT molecular complexity index is 243. The van der Waals surface area contributed by atoms with Crippen LogP contribution in [0.15, 0.2) is 24.9 Å². The number of nitrogens with zero attached hydrogens (tertiary/aromatic N) is 3. The Labute approximate surface area is 63.6 Å². The zero-order valence-corrected chi connectivity index (χ0v) is 5.84. The van der Waals surface area contributed by atoms with Crippen LogP contribution in [0.25, 0.3) is 0 Å². The van der Waals surface area contributed by atoms with E-state index < -0.39 is 0 Å². The van der Waals surface area contributed by atoms with Gasteiger partial charge in [-0.2, -0.15) is 5.10 Å². The number of hydrogen-bond acceptors (Lipinski definition) is 4. The summed E-state index contributed by atoms with van der Waals surface area (Å²) in [6.07, 6.45) is 6.93. The Morgan fingerprint density at radius 3 is 3.27 bits per heavy atom. The molecule has 1 atom stereocenters. The molecule has 0 saturated carbocycles. The molecule has 1 aliphatic heterocycles. The van der Waals surface area contributed by atoms with E-state index in [4.69, 9.17) is 4.84 Å². The van der Waals surface area contributed by atoms with Crippen molar-refractivity contribution >= 4 is 0 Å². The van der Waals surface area contributed by atoms with Gasteiger partial charge in [0.2, 0.25) is 0 Å². The summed E-state index contributed by atoms with van der Waals surface area (Å²) < 4.78 is 1.72. The molecule has 0 saturated heterocycles. The lowest BCUT2D eigenvalue weighted by Gasteiger charge is -2.05. The Morgan fingerprint density at radius 1 is 1.64 bits per heavy atom. The number of aromatic nitrogens is 3. The second-order valence-corrected chi connectivity index (χ2v) is 2.25. The first-order valence-electron chi connectivity index (χ1n) is 3.35. The van der Waals surface area contributed by atoms with Gasteiger partial charge in [0.25, 0.3) is 0 Å². The molecule has 1 unspecified atom stereocenters. The van der Waals surface area contributed by atoms with Crippen molar-refractivity contribution in [3.63, 3.8) is 0 Å². The first kappa shape index (κ1) is 6.36. The van der Waals surface area contributed by atoms with Crippen molar-refractivity contribution in [2.24, 2.45) is 0 Å². The molecule has 0 amide bonds. The lowest BCUT2D eigenvalue weighted by molar-refractivity contribution is 0.0360. The largest absolute Gasteiger partial charge is 0.274 e. The highest BCUT2D eigenvalue weighted by Crippen LogP contribution is 2.00. The topological polar surface area (TPSA) is 52.0 Å². The Hall–Kier alpha value is -1.36. The molecule has 0 spiro atoms. The van der Waals surface area contributed by atoms with Gasteiger partial charge < -0.3 is 0 Å². The molecular weight excluding hydrogens is 144 g/mol. The van der Waals surface area contributed by atoms with Crippen LogP contribution in [0.1, 0.15) is 0 Å². The summed E-state index contributed by atoms with van der Waals surface area (Å²) in [5, 5.41) is 3.94. The molecular formula is C6H8N4O.